The first-order chi connectivity index (χ1) is 11.3. The number of anilines is 1. The monoisotopic (exact) mass is 343 g/mol. The second-order valence-corrected chi connectivity index (χ2v) is 5.81. The van der Waals surface area contributed by atoms with Gasteiger partial charge in [0, 0.05) is 17.3 Å². The summed E-state index contributed by atoms with van der Waals surface area (Å²) in [5, 5.41) is 6.96. The highest BCUT2D eigenvalue weighted by molar-refractivity contribution is 5.95. The van der Waals surface area contributed by atoms with Gasteiger partial charge in [0.05, 0.1) is 0 Å². The zero-order valence-corrected chi connectivity index (χ0v) is 13.1. The van der Waals surface area contributed by atoms with Crippen LogP contribution in [0.3, 0.4) is 0 Å². The highest BCUT2D eigenvalue weighted by atomic mass is 19.4. The van der Waals surface area contributed by atoms with Gasteiger partial charge in [-0.2, -0.15) is 13.2 Å². The smallest absolute Gasteiger partial charge is 0.349 e. The van der Waals surface area contributed by atoms with Crippen LogP contribution >= 0.6 is 0 Å². The maximum atomic E-state index is 12.1. The Bertz CT molecular complexity index is 567. The molecule has 1 aliphatic carbocycles. The van der Waals surface area contributed by atoms with Crippen molar-refractivity contribution in [3.63, 3.8) is 0 Å². The third kappa shape index (κ3) is 6.10. The fourth-order valence-corrected chi connectivity index (χ4v) is 2.58. The van der Waals surface area contributed by atoms with Gasteiger partial charge in [0.25, 0.3) is 5.91 Å². The maximum Gasteiger partial charge on any atom is 0.405 e. The van der Waals surface area contributed by atoms with Gasteiger partial charge in [0.2, 0.25) is 0 Å². The molecule has 8 heteroatoms. The average Bonchev–Trinajstić information content (AvgIpc) is 2.54. The molecule has 3 N–H and O–H groups in total. The lowest BCUT2D eigenvalue weighted by Gasteiger charge is -2.22. The van der Waals surface area contributed by atoms with Crippen molar-refractivity contribution in [2.75, 3.05) is 11.9 Å². The lowest BCUT2D eigenvalue weighted by atomic mass is 9.95. The summed E-state index contributed by atoms with van der Waals surface area (Å²) in [5.41, 5.74) is 0.755. The molecule has 3 amide bonds. The number of rotatable bonds is 4. The van der Waals surface area contributed by atoms with Crippen molar-refractivity contribution in [1.29, 1.82) is 0 Å². The molecule has 0 radical (unpaired) electrons. The van der Waals surface area contributed by atoms with Crippen LogP contribution in [-0.2, 0) is 0 Å². The number of carbonyl (C=O) groups excluding carboxylic acids is 2. The van der Waals surface area contributed by atoms with Gasteiger partial charge < -0.3 is 16.0 Å². The molecule has 0 aromatic heterocycles. The molecule has 0 aliphatic heterocycles. The normalized spacial score (nSPS) is 15.6. The summed E-state index contributed by atoms with van der Waals surface area (Å²) in [6, 6.07) is 5.24. The molecule has 1 aromatic carbocycles. The molecule has 1 aliphatic rings. The molecule has 2 rings (SSSR count). The third-order valence-electron chi connectivity index (χ3n) is 3.79. The minimum Gasteiger partial charge on any atom is -0.349 e. The van der Waals surface area contributed by atoms with E-state index in [-0.39, 0.29) is 11.9 Å². The van der Waals surface area contributed by atoms with Crippen LogP contribution in [0.1, 0.15) is 42.5 Å². The van der Waals surface area contributed by atoms with Crippen LogP contribution in [0, 0.1) is 0 Å². The van der Waals surface area contributed by atoms with Crippen molar-refractivity contribution in [2.24, 2.45) is 0 Å². The highest BCUT2D eigenvalue weighted by Gasteiger charge is 2.27. The summed E-state index contributed by atoms with van der Waals surface area (Å²) in [6.07, 6.45) is 0.915. The van der Waals surface area contributed by atoms with Crippen molar-refractivity contribution in [3.05, 3.63) is 29.8 Å². The van der Waals surface area contributed by atoms with Crippen molar-refractivity contribution >= 4 is 17.6 Å². The number of amides is 3. The van der Waals surface area contributed by atoms with E-state index < -0.39 is 18.8 Å². The van der Waals surface area contributed by atoms with Crippen molar-refractivity contribution in [1.82, 2.24) is 10.6 Å². The second-order valence-electron chi connectivity index (χ2n) is 5.81. The van der Waals surface area contributed by atoms with Gasteiger partial charge in [0.15, 0.2) is 0 Å². The van der Waals surface area contributed by atoms with Gasteiger partial charge in [-0.1, -0.05) is 19.3 Å². The number of hydrogen-bond donors (Lipinski definition) is 3. The molecule has 1 aromatic rings. The van der Waals surface area contributed by atoms with E-state index in [4.69, 9.17) is 0 Å². The fraction of sp³-hybridized carbons (Fsp3) is 0.500. The Hall–Kier alpha value is -2.25. The molecule has 1 saturated carbocycles. The molecular formula is C16H20F3N3O2. The second kappa shape index (κ2) is 8.03. The zero-order chi connectivity index (χ0) is 17.6. The SMILES string of the molecule is O=C(NCC(F)(F)F)Nc1ccc(C(=O)NC2CCCCC2)cc1. The average molecular weight is 343 g/mol. The third-order valence-corrected chi connectivity index (χ3v) is 3.79. The summed E-state index contributed by atoms with van der Waals surface area (Å²) in [6.45, 7) is -1.40. The predicted molar refractivity (Wildman–Crippen MR) is 83.9 cm³/mol. The Kier molecular flexibility index (Phi) is 6.05. The maximum absolute atomic E-state index is 12.1. The minimum absolute atomic E-state index is 0.185. The fourth-order valence-electron chi connectivity index (χ4n) is 2.58. The molecule has 0 bridgehead atoms. The van der Waals surface area contributed by atoms with Crippen LogP contribution in [0.2, 0.25) is 0 Å². The summed E-state index contributed by atoms with van der Waals surface area (Å²) >= 11 is 0. The first-order valence-electron chi connectivity index (χ1n) is 7.86. The van der Waals surface area contributed by atoms with E-state index >= 15 is 0 Å². The van der Waals surface area contributed by atoms with E-state index in [2.05, 4.69) is 10.6 Å². The van der Waals surface area contributed by atoms with Crippen molar-refractivity contribution in [2.45, 2.75) is 44.3 Å². The Morgan fingerprint density at radius 2 is 1.67 bits per heavy atom. The minimum atomic E-state index is -4.46. The summed E-state index contributed by atoms with van der Waals surface area (Å²) in [5.74, 6) is -0.185. The van der Waals surface area contributed by atoms with Crippen molar-refractivity contribution < 1.29 is 22.8 Å². The first-order valence-corrected chi connectivity index (χ1v) is 7.86. The van der Waals surface area contributed by atoms with Gasteiger partial charge in [-0.3, -0.25) is 4.79 Å². The molecule has 0 heterocycles. The van der Waals surface area contributed by atoms with Crippen LogP contribution in [0.15, 0.2) is 24.3 Å². The van der Waals surface area contributed by atoms with Gasteiger partial charge >= 0.3 is 12.2 Å². The van der Waals surface area contributed by atoms with Crippen LogP contribution in [0.4, 0.5) is 23.7 Å². The van der Waals surface area contributed by atoms with E-state index in [0.29, 0.717) is 11.3 Å². The van der Waals surface area contributed by atoms with Gasteiger partial charge in [-0.15, -0.1) is 0 Å². The molecular weight excluding hydrogens is 323 g/mol. The number of halogens is 3. The highest BCUT2D eigenvalue weighted by Crippen LogP contribution is 2.18. The van der Waals surface area contributed by atoms with E-state index in [9.17, 15) is 22.8 Å². The topological polar surface area (TPSA) is 70.2 Å². The summed E-state index contributed by atoms with van der Waals surface area (Å²) in [7, 11) is 0. The number of urea groups is 1. The number of carbonyl (C=O) groups is 2. The van der Waals surface area contributed by atoms with Crippen LogP contribution in [0.5, 0.6) is 0 Å². The van der Waals surface area contributed by atoms with Crippen LogP contribution < -0.4 is 16.0 Å². The van der Waals surface area contributed by atoms with Gasteiger partial charge in [-0.05, 0) is 37.1 Å². The van der Waals surface area contributed by atoms with Crippen molar-refractivity contribution in [3.8, 4) is 0 Å². The molecule has 0 unspecified atom stereocenters. The van der Waals surface area contributed by atoms with Gasteiger partial charge in [0.1, 0.15) is 6.54 Å². The lowest BCUT2D eigenvalue weighted by molar-refractivity contribution is -0.122. The van der Waals surface area contributed by atoms with E-state index in [1.54, 1.807) is 5.32 Å². The summed E-state index contributed by atoms with van der Waals surface area (Å²) in [4.78, 5) is 23.5. The molecule has 1 fully saturated rings. The quantitative estimate of drug-likeness (QED) is 0.784. The Balaban J connectivity index is 1.83. The molecule has 5 nitrogen and oxygen atoms in total. The van der Waals surface area contributed by atoms with Crippen LogP contribution in [-0.4, -0.2) is 30.7 Å². The number of benzene rings is 1. The Morgan fingerprint density at radius 3 is 2.25 bits per heavy atom. The first kappa shape index (κ1) is 18.1. The Labute approximate surface area is 138 Å². The Morgan fingerprint density at radius 1 is 1.04 bits per heavy atom. The van der Waals surface area contributed by atoms with Gasteiger partial charge in [-0.25, -0.2) is 4.79 Å². The number of alkyl halides is 3. The largest absolute Gasteiger partial charge is 0.405 e. The lowest BCUT2D eigenvalue weighted by Crippen LogP contribution is -2.36. The number of nitrogens with one attached hydrogen (secondary N) is 3. The van der Waals surface area contributed by atoms with E-state index in [0.717, 1.165) is 25.7 Å². The molecule has 24 heavy (non-hydrogen) atoms. The zero-order valence-electron chi connectivity index (χ0n) is 13.1. The molecule has 0 saturated heterocycles. The standard InChI is InChI=1S/C16H20F3N3O2/c17-16(18,19)10-20-15(24)22-13-8-6-11(7-9-13)14(23)21-12-4-2-1-3-5-12/h6-9,12H,1-5,10H2,(H,21,23)(H2,20,22,24). The molecule has 132 valence electrons. The van der Waals surface area contributed by atoms with Crippen LogP contribution in [0.25, 0.3) is 0 Å². The predicted octanol–water partition coefficient (Wildman–Crippen LogP) is 3.43. The van der Waals surface area contributed by atoms with E-state index in [1.165, 1.54) is 30.7 Å². The number of hydrogen-bond acceptors (Lipinski definition) is 2. The summed E-state index contributed by atoms with van der Waals surface area (Å²) < 4.78 is 36.0. The molecule has 0 atom stereocenters. The van der Waals surface area contributed by atoms with E-state index in [1.807, 2.05) is 0 Å². The molecule has 0 spiro atoms.